The molecule has 6 rings (SSSR count). The molecule has 12 nitrogen and oxygen atoms in total. The first kappa shape index (κ1) is 36.7. The van der Waals surface area contributed by atoms with Gasteiger partial charge in [-0.05, 0) is 26.0 Å². The van der Waals surface area contributed by atoms with Gasteiger partial charge in [-0.2, -0.15) is 0 Å². The summed E-state index contributed by atoms with van der Waals surface area (Å²) in [7, 11) is 0. The van der Waals surface area contributed by atoms with Crippen molar-refractivity contribution in [3.8, 4) is 23.0 Å². The lowest BCUT2D eigenvalue weighted by atomic mass is 10.00. The molecule has 6 unspecified atom stereocenters. The number of epoxide rings is 2. The number of allylic oxidation sites excluding steroid dienone is 6. The zero-order chi connectivity index (χ0) is 36.3. The van der Waals surface area contributed by atoms with Crippen molar-refractivity contribution in [3.63, 3.8) is 0 Å². The smallest absolute Gasteiger partial charge is 0.342 e. The molecular formula is C36H34Cl2O12. The number of esters is 2. The van der Waals surface area contributed by atoms with E-state index in [9.17, 15) is 39.6 Å². The zero-order valence-corrected chi connectivity index (χ0v) is 28.4. The van der Waals surface area contributed by atoms with E-state index in [1.807, 2.05) is 12.2 Å². The molecule has 0 amide bonds. The lowest BCUT2D eigenvalue weighted by Crippen LogP contribution is -2.19. The van der Waals surface area contributed by atoms with Crippen LogP contribution in [0.1, 0.15) is 58.5 Å². The van der Waals surface area contributed by atoms with E-state index in [0.717, 1.165) is 12.1 Å². The maximum Gasteiger partial charge on any atom is 0.342 e. The highest BCUT2D eigenvalue weighted by molar-refractivity contribution is 6.34. The van der Waals surface area contributed by atoms with Crippen LogP contribution in [-0.4, -0.2) is 80.6 Å². The number of rotatable bonds is 0. The SMILES string of the molecule is CC1CC2OC2/C=C\C=C\C(=O)Cc2c(Cl)c(O)cc(O)c2C(=O)O1.CC1CC2OC2/C=C\C=C\C(=O)Cc2c(Cl)c(O)cc(O)c2C(=O)O1. The Labute approximate surface area is 296 Å². The molecule has 4 N–H and O–H groups in total. The quantitative estimate of drug-likeness (QED) is 0.200. The Bertz CT molecular complexity index is 1700. The van der Waals surface area contributed by atoms with Gasteiger partial charge in [-0.1, -0.05) is 59.7 Å². The Hall–Kier alpha value is -4.62. The minimum Gasteiger partial charge on any atom is -0.507 e. The van der Waals surface area contributed by atoms with E-state index in [1.54, 1.807) is 38.2 Å². The number of carbonyl (C=O) groups excluding carboxylic acids is 4. The van der Waals surface area contributed by atoms with Crippen molar-refractivity contribution in [2.45, 2.75) is 76.2 Å². The maximum absolute atomic E-state index is 12.5. The first-order chi connectivity index (χ1) is 23.7. The van der Waals surface area contributed by atoms with Gasteiger partial charge in [0.15, 0.2) is 11.6 Å². The topological polar surface area (TPSA) is 193 Å². The van der Waals surface area contributed by atoms with Crippen molar-refractivity contribution >= 4 is 46.7 Å². The Morgan fingerprint density at radius 3 is 1.36 bits per heavy atom. The Kier molecular flexibility index (Phi) is 11.4. The number of fused-ring (bicyclic) bond motifs is 4. The fourth-order valence-corrected chi connectivity index (χ4v) is 5.99. The minimum absolute atomic E-state index is 0.0348. The number of phenolic OH excluding ortho intramolecular Hbond substituents is 4. The normalized spacial score (nSPS) is 29.0. The summed E-state index contributed by atoms with van der Waals surface area (Å²) < 4.78 is 21.6. The predicted octanol–water partition coefficient (Wildman–Crippen LogP) is 5.38. The molecule has 0 bridgehead atoms. The van der Waals surface area contributed by atoms with Gasteiger partial charge < -0.3 is 39.4 Å². The summed E-state index contributed by atoms with van der Waals surface area (Å²) in [5.74, 6) is -4.09. The van der Waals surface area contributed by atoms with Gasteiger partial charge in [-0.3, -0.25) is 9.59 Å². The highest BCUT2D eigenvalue weighted by Gasteiger charge is 2.39. The number of benzene rings is 2. The number of phenols is 4. The van der Waals surface area contributed by atoms with Gasteiger partial charge in [0.25, 0.3) is 0 Å². The van der Waals surface area contributed by atoms with Crippen molar-refractivity contribution in [2.24, 2.45) is 0 Å². The van der Waals surface area contributed by atoms with Crippen LogP contribution in [0, 0.1) is 0 Å². The number of ether oxygens (including phenoxy) is 4. The van der Waals surface area contributed by atoms with Crippen molar-refractivity contribution in [1.82, 2.24) is 0 Å². The van der Waals surface area contributed by atoms with Gasteiger partial charge in [0, 0.05) is 48.9 Å². The number of halogens is 2. The number of hydrogen-bond donors (Lipinski definition) is 4. The second-order valence-electron chi connectivity index (χ2n) is 12.1. The molecule has 0 spiro atoms. The lowest BCUT2D eigenvalue weighted by Gasteiger charge is -2.16. The summed E-state index contributed by atoms with van der Waals surface area (Å²) in [6, 6.07) is 1.92. The van der Waals surface area contributed by atoms with E-state index in [0.29, 0.717) is 12.8 Å². The van der Waals surface area contributed by atoms with Crippen LogP contribution < -0.4 is 0 Å². The second-order valence-corrected chi connectivity index (χ2v) is 12.9. The van der Waals surface area contributed by atoms with E-state index in [-0.39, 0.29) is 81.1 Å². The Balaban J connectivity index is 0.000000194. The molecule has 6 atom stereocenters. The molecule has 0 radical (unpaired) electrons. The number of aromatic hydroxyl groups is 4. The maximum atomic E-state index is 12.5. The average Bonchev–Trinajstić information content (AvgIpc) is 3.95. The molecule has 0 aromatic heterocycles. The fraction of sp³-hybridized carbons (Fsp3) is 0.333. The molecule has 4 heterocycles. The third-order valence-electron chi connectivity index (χ3n) is 8.13. The van der Waals surface area contributed by atoms with Crippen LogP contribution in [0.15, 0.2) is 60.7 Å². The van der Waals surface area contributed by atoms with Crippen LogP contribution in [0.4, 0.5) is 0 Å². The van der Waals surface area contributed by atoms with Gasteiger partial charge in [0.2, 0.25) is 0 Å². The lowest BCUT2D eigenvalue weighted by molar-refractivity contribution is -0.114. The molecule has 264 valence electrons. The van der Waals surface area contributed by atoms with Crippen LogP contribution >= 0.6 is 23.2 Å². The summed E-state index contributed by atoms with van der Waals surface area (Å²) in [6.07, 6.45) is 12.3. The van der Waals surface area contributed by atoms with Crippen LogP contribution in [-0.2, 0) is 41.4 Å². The van der Waals surface area contributed by atoms with E-state index in [2.05, 4.69) is 0 Å². The molecule has 2 aromatic carbocycles. The van der Waals surface area contributed by atoms with Gasteiger partial charge in [-0.15, -0.1) is 0 Å². The Morgan fingerprint density at radius 2 is 0.980 bits per heavy atom. The van der Waals surface area contributed by atoms with E-state index in [1.165, 1.54) is 12.2 Å². The van der Waals surface area contributed by atoms with Gasteiger partial charge in [-0.25, -0.2) is 9.59 Å². The molecule has 2 fully saturated rings. The molecule has 4 aliphatic rings. The number of hydrogen-bond acceptors (Lipinski definition) is 12. The minimum atomic E-state index is -0.802. The molecule has 50 heavy (non-hydrogen) atoms. The number of ketones is 2. The summed E-state index contributed by atoms with van der Waals surface area (Å²) >= 11 is 12.1. The molecular weight excluding hydrogens is 695 g/mol. The summed E-state index contributed by atoms with van der Waals surface area (Å²) in [6.45, 7) is 3.44. The van der Waals surface area contributed by atoms with Crippen molar-refractivity contribution in [3.05, 3.63) is 93.0 Å². The molecule has 4 aliphatic heterocycles. The van der Waals surface area contributed by atoms with Gasteiger partial charge >= 0.3 is 11.9 Å². The molecule has 0 aliphatic carbocycles. The highest BCUT2D eigenvalue weighted by Crippen LogP contribution is 2.39. The predicted molar refractivity (Wildman–Crippen MR) is 180 cm³/mol. The third-order valence-corrected chi connectivity index (χ3v) is 8.97. The van der Waals surface area contributed by atoms with Crippen molar-refractivity contribution in [2.75, 3.05) is 0 Å². The number of cyclic esters (lactones) is 2. The fourth-order valence-electron chi connectivity index (χ4n) is 5.56. The first-order valence-corrected chi connectivity index (χ1v) is 16.4. The molecule has 2 aromatic rings. The van der Waals surface area contributed by atoms with Crippen LogP contribution in [0.3, 0.4) is 0 Å². The largest absolute Gasteiger partial charge is 0.507 e. The molecule has 0 saturated carbocycles. The second kappa shape index (κ2) is 15.5. The zero-order valence-electron chi connectivity index (χ0n) is 26.9. The highest BCUT2D eigenvalue weighted by atomic mass is 35.5. The van der Waals surface area contributed by atoms with E-state index in [4.69, 9.17) is 42.1 Å². The number of carbonyl (C=O) groups is 4. The van der Waals surface area contributed by atoms with Crippen LogP contribution in [0.2, 0.25) is 10.0 Å². The average molecular weight is 730 g/mol. The van der Waals surface area contributed by atoms with Crippen LogP contribution in [0.25, 0.3) is 0 Å². The third kappa shape index (κ3) is 8.94. The van der Waals surface area contributed by atoms with Crippen molar-refractivity contribution < 1.29 is 58.6 Å². The summed E-state index contributed by atoms with van der Waals surface area (Å²) in [4.78, 5) is 49.2. The first-order valence-electron chi connectivity index (χ1n) is 15.7. The summed E-state index contributed by atoms with van der Waals surface area (Å²) in [5.41, 5.74) is -0.352. The molecule has 14 heteroatoms. The standard InChI is InChI=1S/2C18H17ClO6/c2*1-9-6-15-14(25-15)5-3-2-4-10(20)7-11-16(18(23)24-9)12(21)8-13(22)17(11)19/h2*2-5,8-9,14-15,21-22H,6-7H2,1H3/b2*4-2+,5-3-. The van der Waals surface area contributed by atoms with Gasteiger partial charge in [0.1, 0.15) is 58.5 Å². The van der Waals surface area contributed by atoms with E-state index < -0.39 is 47.1 Å². The van der Waals surface area contributed by atoms with Crippen LogP contribution in [0.5, 0.6) is 23.0 Å². The van der Waals surface area contributed by atoms with E-state index >= 15 is 0 Å². The molecule has 2 saturated heterocycles. The van der Waals surface area contributed by atoms with Gasteiger partial charge in [0.05, 0.1) is 22.3 Å². The Morgan fingerprint density at radius 1 is 0.600 bits per heavy atom. The van der Waals surface area contributed by atoms with Crippen molar-refractivity contribution in [1.29, 1.82) is 0 Å². The monoisotopic (exact) mass is 728 g/mol. The summed E-state index contributed by atoms with van der Waals surface area (Å²) in [5, 5.41) is 39.4.